The number of rotatable bonds is 6. The van der Waals surface area contributed by atoms with Crippen LogP contribution in [0, 0.1) is 11.7 Å². The van der Waals surface area contributed by atoms with Crippen LogP contribution in [0.1, 0.15) is 61.4 Å². The van der Waals surface area contributed by atoms with Crippen LogP contribution in [0.25, 0.3) is 0 Å². The van der Waals surface area contributed by atoms with Crippen LogP contribution in [0.15, 0.2) is 48.5 Å². The van der Waals surface area contributed by atoms with Crippen LogP contribution in [0.3, 0.4) is 0 Å². The summed E-state index contributed by atoms with van der Waals surface area (Å²) in [7, 11) is 0. The number of nitrogens with one attached hydrogen (secondary N) is 1. The van der Waals surface area contributed by atoms with Crippen molar-refractivity contribution in [1.29, 1.82) is 0 Å². The fourth-order valence-corrected chi connectivity index (χ4v) is 5.10. The molecule has 2 aliphatic rings. The third-order valence-corrected chi connectivity index (χ3v) is 7.05. The molecule has 0 bridgehead atoms. The lowest BCUT2D eigenvalue weighted by molar-refractivity contribution is -0.123. The minimum atomic E-state index is -0.347. The Morgan fingerprint density at radius 3 is 2.09 bits per heavy atom. The van der Waals surface area contributed by atoms with Gasteiger partial charge in [0, 0.05) is 37.4 Å². The first kappa shape index (κ1) is 23.4. The van der Waals surface area contributed by atoms with Crippen LogP contribution in [0.2, 0.25) is 0 Å². The summed E-state index contributed by atoms with van der Waals surface area (Å²) in [5, 5.41) is 3.15. The van der Waals surface area contributed by atoms with Gasteiger partial charge in [0.2, 0.25) is 5.91 Å². The number of hydrogen-bond donors (Lipinski definition) is 1. The fraction of sp³-hybridized carbons (Fsp3) is 0.481. The van der Waals surface area contributed by atoms with Crippen LogP contribution in [-0.2, 0) is 4.79 Å². The molecular formula is C27H34FN3O2. The second-order valence-corrected chi connectivity index (χ2v) is 9.59. The molecule has 2 fully saturated rings. The molecule has 2 aromatic carbocycles. The summed E-state index contributed by atoms with van der Waals surface area (Å²) in [6.45, 7) is 6.77. The zero-order valence-corrected chi connectivity index (χ0v) is 19.6. The summed E-state index contributed by atoms with van der Waals surface area (Å²) in [4.78, 5) is 30.3. The van der Waals surface area contributed by atoms with Crippen molar-refractivity contribution in [2.75, 3.05) is 31.5 Å². The van der Waals surface area contributed by atoms with Crippen molar-refractivity contribution in [3.63, 3.8) is 0 Å². The van der Waals surface area contributed by atoms with Gasteiger partial charge < -0.3 is 10.2 Å². The van der Waals surface area contributed by atoms with Crippen molar-refractivity contribution in [1.82, 2.24) is 9.80 Å². The molecule has 1 unspecified atom stereocenters. The summed E-state index contributed by atoms with van der Waals surface area (Å²) < 4.78 is 13.2. The van der Waals surface area contributed by atoms with Gasteiger partial charge in [-0.15, -0.1) is 0 Å². The van der Waals surface area contributed by atoms with Crippen LogP contribution >= 0.6 is 0 Å². The Morgan fingerprint density at radius 2 is 1.52 bits per heavy atom. The van der Waals surface area contributed by atoms with E-state index in [-0.39, 0.29) is 23.7 Å². The van der Waals surface area contributed by atoms with Crippen molar-refractivity contribution >= 4 is 17.5 Å². The first-order valence-corrected chi connectivity index (χ1v) is 12.1. The summed E-state index contributed by atoms with van der Waals surface area (Å²) >= 11 is 0. The van der Waals surface area contributed by atoms with Gasteiger partial charge >= 0.3 is 0 Å². The monoisotopic (exact) mass is 451 g/mol. The number of anilines is 1. The topological polar surface area (TPSA) is 52.7 Å². The number of carbonyl (C=O) groups is 2. The van der Waals surface area contributed by atoms with Crippen LogP contribution in [0.5, 0.6) is 0 Å². The van der Waals surface area contributed by atoms with E-state index < -0.39 is 0 Å². The van der Waals surface area contributed by atoms with E-state index in [1.165, 1.54) is 42.7 Å². The lowest BCUT2D eigenvalue weighted by Crippen LogP contribution is -2.56. The molecular weight excluding hydrogens is 417 g/mol. The molecule has 0 aromatic heterocycles. The molecule has 6 heteroatoms. The van der Waals surface area contributed by atoms with Crippen molar-refractivity contribution in [3.05, 3.63) is 65.5 Å². The Labute approximate surface area is 196 Å². The third kappa shape index (κ3) is 5.61. The third-order valence-electron chi connectivity index (χ3n) is 7.05. The molecule has 2 aromatic rings. The Bertz CT molecular complexity index is 944. The van der Waals surface area contributed by atoms with Gasteiger partial charge in [0.25, 0.3) is 5.91 Å². The molecule has 5 nitrogen and oxygen atoms in total. The quantitative estimate of drug-likeness (QED) is 0.679. The van der Waals surface area contributed by atoms with Gasteiger partial charge in [-0.1, -0.05) is 38.8 Å². The maximum absolute atomic E-state index is 13.4. The molecule has 1 aliphatic heterocycles. The zero-order chi connectivity index (χ0) is 23.4. The molecule has 1 N–H and O–H groups in total. The van der Waals surface area contributed by atoms with Gasteiger partial charge in [-0.25, -0.2) is 4.39 Å². The standard InChI is InChI=1S/C27H34FN3O2/c1-19(2)20-9-13-24(14-10-20)29-26(32)25(21-5-3-4-6-21)30-15-17-31(18-16-30)27(33)22-7-11-23(28)12-8-22/h7-14,19,21,25H,3-6,15-18H2,1-2H3,(H,29,32). The molecule has 1 saturated carbocycles. The molecule has 1 saturated heterocycles. The Balaban J connectivity index is 1.41. The molecule has 4 rings (SSSR count). The van der Waals surface area contributed by atoms with Crippen LogP contribution < -0.4 is 5.32 Å². The molecule has 2 amide bonds. The van der Waals surface area contributed by atoms with Crippen LogP contribution in [-0.4, -0.2) is 53.8 Å². The average Bonchev–Trinajstić information content (AvgIpc) is 3.34. The number of halogens is 1. The van der Waals surface area contributed by atoms with Gasteiger partial charge in [-0.05, 0) is 66.6 Å². The minimum Gasteiger partial charge on any atom is -0.336 e. The molecule has 176 valence electrons. The minimum absolute atomic E-state index is 0.0532. The van der Waals surface area contributed by atoms with Crippen LogP contribution in [0.4, 0.5) is 10.1 Å². The summed E-state index contributed by atoms with van der Waals surface area (Å²) in [6.07, 6.45) is 4.47. The van der Waals surface area contributed by atoms with E-state index in [1.807, 2.05) is 12.1 Å². The lowest BCUT2D eigenvalue weighted by atomic mass is 9.94. The van der Waals surface area contributed by atoms with Gasteiger partial charge in [-0.3, -0.25) is 14.5 Å². The molecule has 0 spiro atoms. The van der Waals surface area contributed by atoms with E-state index in [0.29, 0.717) is 43.6 Å². The van der Waals surface area contributed by atoms with E-state index in [4.69, 9.17) is 0 Å². The molecule has 0 radical (unpaired) electrons. The van der Waals surface area contributed by atoms with Gasteiger partial charge in [0.1, 0.15) is 5.82 Å². The van der Waals surface area contributed by atoms with E-state index in [0.717, 1.165) is 18.5 Å². The highest BCUT2D eigenvalue weighted by Gasteiger charge is 2.37. The van der Waals surface area contributed by atoms with Crippen molar-refractivity contribution < 1.29 is 14.0 Å². The predicted molar refractivity (Wildman–Crippen MR) is 129 cm³/mol. The van der Waals surface area contributed by atoms with Gasteiger partial charge in [0.05, 0.1) is 6.04 Å². The molecule has 1 aliphatic carbocycles. The van der Waals surface area contributed by atoms with Crippen molar-refractivity contribution in [2.24, 2.45) is 5.92 Å². The largest absolute Gasteiger partial charge is 0.336 e. The normalized spacial score (nSPS) is 18.5. The summed E-state index contributed by atoms with van der Waals surface area (Å²) in [5.74, 6) is 0.425. The number of piperazine rings is 1. The van der Waals surface area contributed by atoms with E-state index in [9.17, 15) is 14.0 Å². The maximum Gasteiger partial charge on any atom is 0.253 e. The van der Waals surface area contributed by atoms with Gasteiger partial charge in [-0.2, -0.15) is 0 Å². The highest BCUT2D eigenvalue weighted by Crippen LogP contribution is 2.32. The number of carbonyl (C=O) groups excluding carboxylic acids is 2. The number of nitrogens with zero attached hydrogens (tertiary/aromatic N) is 2. The highest BCUT2D eigenvalue weighted by molar-refractivity contribution is 5.95. The molecule has 1 heterocycles. The zero-order valence-electron chi connectivity index (χ0n) is 19.6. The molecule has 1 atom stereocenters. The van der Waals surface area contributed by atoms with Gasteiger partial charge in [0.15, 0.2) is 0 Å². The SMILES string of the molecule is CC(C)c1ccc(NC(=O)C(C2CCCC2)N2CCN(C(=O)c3ccc(F)cc3)CC2)cc1. The smallest absolute Gasteiger partial charge is 0.253 e. The van der Waals surface area contributed by atoms with Crippen molar-refractivity contribution in [3.8, 4) is 0 Å². The number of amides is 2. The lowest BCUT2D eigenvalue weighted by Gasteiger charge is -2.40. The predicted octanol–water partition coefficient (Wildman–Crippen LogP) is 4.90. The first-order chi connectivity index (χ1) is 15.9. The highest BCUT2D eigenvalue weighted by atomic mass is 19.1. The van der Waals surface area contributed by atoms with E-state index >= 15 is 0 Å². The summed E-state index contributed by atoms with van der Waals surface area (Å²) in [5.41, 5.74) is 2.58. The van der Waals surface area contributed by atoms with Crippen molar-refractivity contribution in [2.45, 2.75) is 51.5 Å². The Kier molecular flexibility index (Phi) is 7.43. The first-order valence-electron chi connectivity index (χ1n) is 12.1. The Morgan fingerprint density at radius 1 is 0.909 bits per heavy atom. The number of benzene rings is 2. The maximum atomic E-state index is 13.4. The van der Waals surface area contributed by atoms with E-state index in [1.54, 1.807) is 4.90 Å². The molecule has 33 heavy (non-hydrogen) atoms. The summed E-state index contributed by atoms with van der Waals surface area (Å²) in [6, 6.07) is 13.6. The number of hydrogen-bond acceptors (Lipinski definition) is 3. The van der Waals surface area contributed by atoms with E-state index in [2.05, 4.69) is 36.2 Å². The average molecular weight is 452 g/mol. The fourth-order valence-electron chi connectivity index (χ4n) is 5.10. The Hall–Kier alpha value is -2.73. The second kappa shape index (κ2) is 10.5. The second-order valence-electron chi connectivity index (χ2n) is 9.59.